The van der Waals surface area contributed by atoms with E-state index in [0.717, 1.165) is 5.39 Å². The standard InChI is InChI=1S/C24H19N7O4/c25-9-8-24(7-5-19(23(33)34)35-13-24)31-18-6-10-27-22(32)20(18)21(30-31)29-15-3-4-17-14(11-15)1-2-16(12-26)28-17/h1-4,6,10-11,19H,5,7-8,13H2,(H,27,32)(H,29,30)(H,33,34). The lowest BCUT2D eigenvalue weighted by atomic mass is 9.87. The van der Waals surface area contributed by atoms with Crippen molar-refractivity contribution in [2.24, 2.45) is 0 Å². The van der Waals surface area contributed by atoms with Crippen molar-refractivity contribution in [3.8, 4) is 12.1 Å². The van der Waals surface area contributed by atoms with Crippen LogP contribution < -0.4 is 10.9 Å². The summed E-state index contributed by atoms with van der Waals surface area (Å²) in [7, 11) is 0. The fraction of sp³-hybridized carbons (Fsp3) is 0.250. The molecular weight excluding hydrogens is 450 g/mol. The van der Waals surface area contributed by atoms with Crippen molar-refractivity contribution in [2.45, 2.75) is 30.9 Å². The maximum absolute atomic E-state index is 12.8. The highest BCUT2D eigenvalue weighted by atomic mass is 16.5. The number of nitrogens with zero attached hydrogens (tertiary/aromatic N) is 5. The highest BCUT2D eigenvalue weighted by Gasteiger charge is 2.42. The van der Waals surface area contributed by atoms with Gasteiger partial charge in [0.2, 0.25) is 0 Å². The molecule has 1 fully saturated rings. The third kappa shape index (κ3) is 3.84. The molecule has 0 aliphatic carbocycles. The number of nitrogens with one attached hydrogen (secondary N) is 2. The van der Waals surface area contributed by atoms with E-state index in [9.17, 15) is 20.0 Å². The van der Waals surface area contributed by atoms with Gasteiger partial charge in [-0.05, 0) is 49.2 Å². The highest BCUT2D eigenvalue weighted by Crippen LogP contribution is 2.37. The molecule has 5 rings (SSSR count). The predicted octanol–water partition coefficient (Wildman–Crippen LogP) is 2.76. The molecule has 3 aromatic heterocycles. The number of carboxylic acids is 1. The summed E-state index contributed by atoms with van der Waals surface area (Å²) in [5.41, 5.74) is 0.849. The van der Waals surface area contributed by atoms with Crippen LogP contribution in [0.15, 0.2) is 47.4 Å². The van der Waals surface area contributed by atoms with Crippen molar-refractivity contribution in [1.82, 2.24) is 19.7 Å². The van der Waals surface area contributed by atoms with Gasteiger partial charge in [0.1, 0.15) is 17.1 Å². The van der Waals surface area contributed by atoms with Gasteiger partial charge in [0.05, 0.1) is 35.7 Å². The van der Waals surface area contributed by atoms with Crippen molar-refractivity contribution in [3.05, 3.63) is 58.6 Å². The van der Waals surface area contributed by atoms with E-state index in [4.69, 9.17) is 10.00 Å². The van der Waals surface area contributed by atoms with Gasteiger partial charge in [0.25, 0.3) is 5.56 Å². The van der Waals surface area contributed by atoms with E-state index in [2.05, 4.69) is 26.5 Å². The minimum absolute atomic E-state index is 0.0244. The zero-order valence-electron chi connectivity index (χ0n) is 18.4. The second kappa shape index (κ2) is 8.56. The number of ether oxygens (including phenoxy) is 1. The van der Waals surface area contributed by atoms with E-state index >= 15 is 0 Å². The zero-order chi connectivity index (χ0) is 24.6. The van der Waals surface area contributed by atoms with Gasteiger partial charge in [-0.1, -0.05) is 0 Å². The SMILES string of the molecule is N#CCC1(n2nc(Nc3ccc4nc(C#N)ccc4c3)c3c(=O)[nH]ccc32)CCC(C(=O)O)OC1. The number of fused-ring (bicyclic) bond motifs is 2. The van der Waals surface area contributed by atoms with Crippen LogP contribution in [0.25, 0.3) is 21.8 Å². The number of aliphatic carboxylic acids is 1. The summed E-state index contributed by atoms with van der Waals surface area (Å²) in [5, 5.41) is 36.9. The Bertz CT molecular complexity index is 1600. The van der Waals surface area contributed by atoms with Crippen LogP contribution in [0.2, 0.25) is 0 Å². The van der Waals surface area contributed by atoms with Gasteiger partial charge in [-0.25, -0.2) is 9.78 Å². The van der Waals surface area contributed by atoms with Gasteiger partial charge >= 0.3 is 5.97 Å². The summed E-state index contributed by atoms with van der Waals surface area (Å²) >= 11 is 0. The second-order valence-corrected chi connectivity index (χ2v) is 8.40. The molecule has 35 heavy (non-hydrogen) atoms. The number of aromatic nitrogens is 4. The Balaban J connectivity index is 1.58. The molecule has 1 aliphatic rings. The predicted molar refractivity (Wildman–Crippen MR) is 125 cm³/mol. The minimum atomic E-state index is -1.05. The van der Waals surface area contributed by atoms with Crippen LogP contribution in [0.5, 0.6) is 0 Å². The molecule has 1 aliphatic heterocycles. The first-order valence-corrected chi connectivity index (χ1v) is 10.8. The molecule has 2 unspecified atom stereocenters. The molecule has 1 saturated heterocycles. The molecule has 0 bridgehead atoms. The molecule has 1 aromatic carbocycles. The van der Waals surface area contributed by atoms with Gasteiger partial charge in [0.15, 0.2) is 11.9 Å². The Hall–Kier alpha value is -4.74. The Morgan fingerprint density at radius 1 is 1.31 bits per heavy atom. The number of rotatable bonds is 5. The lowest BCUT2D eigenvalue weighted by Crippen LogP contribution is -2.46. The molecular formula is C24H19N7O4. The van der Waals surface area contributed by atoms with Gasteiger partial charge in [0, 0.05) is 17.3 Å². The number of carbonyl (C=O) groups is 1. The van der Waals surface area contributed by atoms with Crippen LogP contribution >= 0.6 is 0 Å². The number of carboxylic acid groups (broad SMARTS) is 1. The molecule has 0 radical (unpaired) electrons. The second-order valence-electron chi connectivity index (χ2n) is 8.40. The van der Waals surface area contributed by atoms with E-state index in [1.54, 1.807) is 35.0 Å². The Kier molecular flexibility index (Phi) is 5.40. The molecule has 0 spiro atoms. The third-order valence-electron chi connectivity index (χ3n) is 6.23. The molecule has 4 aromatic rings. The third-order valence-corrected chi connectivity index (χ3v) is 6.23. The maximum atomic E-state index is 12.8. The molecule has 4 heterocycles. The molecule has 11 heteroatoms. The van der Waals surface area contributed by atoms with Gasteiger partial charge in [-0.15, -0.1) is 0 Å². The summed E-state index contributed by atoms with van der Waals surface area (Å²) in [4.78, 5) is 31.1. The fourth-order valence-corrected chi connectivity index (χ4v) is 4.46. The number of hydrogen-bond acceptors (Lipinski definition) is 8. The molecule has 0 saturated carbocycles. The Labute approximate surface area is 198 Å². The molecule has 2 atom stereocenters. The Morgan fingerprint density at radius 2 is 2.17 bits per heavy atom. The van der Waals surface area contributed by atoms with E-state index in [1.807, 2.05) is 12.1 Å². The fourth-order valence-electron chi connectivity index (χ4n) is 4.46. The van der Waals surface area contributed by atoms with Crippen molar-refractivity contribution < 1.29 is 14.6 Å². The van der Waals surface area contributed by atoms with E-state index in [0.29, 0.717) is 40.0 Å². The van der Waals surface area contributed by atoms with Crippen LogP contribution in [-0.2, 0) is 15.1 Å². The summed E-state index contributed by atoms with van der Waals surface area (Å²) in [6.45, 7) is -0.0244. The smallest absolute Gasteiger partial charge is 0.332 e. The molecule has 11 nitrogen and oxygen atoms in total. The molecule has 0 amide bonds. The maximum Gasteiger partial charge on any atom is 0.332 e. The monoisotopic (exact) mass is 469 g/mol. The lowest BCUT2D eigenvalue weighted by Gasteiger charge is -2.38. The highest BCUT2D eigenvalue weighted by molar-refractivity contribution is 5.92. The van der Waals surface area contributed by atoms with Crippen LogP contribution in [0.4, 0.5) is 11.5 Å². The number of nitriles is 2. The average Bonchev–Trinajstić information content (AvgIpc) is 3.24. The molecule has 174 valence electrons. The number of H-pyrrole nitrogens is 1. The van der Waals surface area contributed by atoms with Gasteiger partial charge in [-0.2, -0.15) is 15.6 Å². The van der Waals surface area contributed by atoms with Crippen LogP contribution in [0, 0.1) is 22.7 Å². The summed E-state index contributed by atoms with van der Waals surface area (Å²) in [6.07, 6.45) is 1.16. The molecule has 3 N–H and O–H groups in total. The zero-order valence-corrected chi connectivity index (χ0v) is 18.4. The number of anilines is 2. The average molecular weight is 469 g/mol. The number of hydrogen-bond donors (Lipinski definition) is 3. The van der Waals surface area contributed by atoms with E-state index < -0.39 is 17.6 Å². The van der Waals surface area contributed by atoms with Crippen molar-refractivity contribution in [1.29, 1.82) is 10.5 Å². The van der Waals surface area contributed by atoms with Gasteiger partial charge in [-0.3, -0.25) is 9.48 Å². The van der Waals surface area contributed by atoms with Crippen LogP contribution in [-0.4, -0.2) is 43.5 Å². The normalized spacial score (nSPS) is 19.8. The topological polar surface area (TPSA) is 170 Å². The van der Waals surface area contributed by atoms with Crippen molar-refractivity contribution >= 4 is 39.3 Å². The number of benzene rings is 1. The van der Waals surface area contributed by atoms with E-state index in [1.165, 1.54) is 6.20 Å². The lowest BCUT2D eigenvalue weighted by molar-refractivity contribution is -0.158. The first-order valence-electron chi connectivity index (χ1n) is 10.8. The van der Waals surface area contributed by atoms with Crippen LogP contribution in [0.3, 0.4) is 0 Å². The van der Waals surface area contributed by atoms with Crippen molar-refractivity contribution in [3.63, 3.8) is 0 Å². The Morgan fingerprint density at radius 3 is 2.89 bits per heavy atom. The summed E-state index contributed by atoms with van der Waals surface area (Å²) in [5.74, 6) is -0.757. The quantitative estimate of drug-likeness (QED) is 0.397. The van der Waals surface area contributed by atoms with Gasteiger partial charge < -0.3 is 20.1 Å². The van der Waals surface area contributed by atoms with Crippen LogP contribution in [0.1, 0.15) is 25.0 Å². The van der Waals surface area contributed by atoms with Crippen molar-refractivity contribution in [2.75, 3.05) is 11.9 Å². The minimum Gasteiger partial charge on any atom is -0.479 e. The first-order chi connectivity index (χ1) is 16.9. The number of pyridine rings is 2. The largest absolute Gasteiger partial charge is 0.479 e. The summed E-state index contributed by atoms with van der Waals surface area (Å²) < 4.78 is 7.20. The first kappa shape index (κ1) is 22.1. The number of aromatic amines is 1. The van der Waals surface area contributed by atoms with E-state index in [-0.39, 0.29) is 25.0 Å². The summed E-state index contributed by atoms with van der Waals surface area (Å²) in [6, 6.07) is 14.7.